The first-order chi connectivity index (χ1) is 12.1. The predicted octanol–water partition coefficient (Wildman–Crippen LogP) is 4.36. The van der Waals surface area contributed by atoms with Gasteiger partial charge in [0, 0.05) is 17.3 Å². The highest BCUT2D eigenvalue weighted by Gasteiger charge is 2.52. The molecule has 3 rings (SSSR count). The van der Waals surface area contributed by atoms with Crippen molar-refractivity contribution in [2.24, 2.45) is 0 Å². The van der Waals surface area contributed by atoms with Gasteiger partial charge in [-0.3, -0.25) is 10.2 Å². The highest BCUT2D eigenvalue weighted by Crippen LogP contribution is 2.43. The lowest BCUT2D eigenvalue weighted by molar-refractivity contribution is -0.203. The topological polar surface area (TPSA) is 41.6 Å². The van der Waals surface area contributed by atoms with E-state index in [1.165, 1.54) is 12.1 Å². The molecule has 1 atom stereocenters. The summed E-state index contributed by atoms with van der Waals surface area (Å²) < 4.78 is 47.3. The zero-order valence-corrected chi connectivity index (χ0v) is 14.9. The number of hydrogen-bond acceptors (Lipinski definition) is 3. The minimum absolute atomic E-state index is 0.0155. The summed E-state index contributed by atoms with van der Waals surface area (Å²) in [6.45, 7) is 5.57. The molecule has 26 heavy (non-hydrogen) atoms. The van der Waals surface area contributed by atoms with Crippen LogP contribution in [0.4, 0.5) is 13.2 Å². The number of nitrogens with one attached hydrogen (secondary N) is 1. The van der Waals surface area contributed by atoms with Crippen LogP contribution in [0.1, 0.15) is 38.8 Å². The summed E-state index contributed by atoms with van der Waals surface area (Å²) >= 11 is 0. The Morgan fingerprint density at radius 2 is 2.00 bits per heavy atom. The maximum atomic E-state index is 13.9. The van der Waals surface area contributed by atoms with E-state index < -0.39 is 23.7 Å². The van der Waals surface area contributed by atoms with Crippen molar-refractivity contribution in [2.45, 2.75) is 44.9 Å². The molecule has 1 fully saturated rings. The fraction of sp³-hybridized carbons (Fsp3) is 0.421. The molecule has 4 nitrogen and oxygen atoms in total. The van der Waals surface area contributed by atoms with Gasteiger partial charge in [-0.05, 0) is 43.9 Å². The summed E-state index contributed by atoms with van der Waals surface area (Å²) in [5, 5.41) is 2.43. The van der Waals surface area contributed by atoms with E-state index >= 15 is 0 Å². The summed E-state index contributed by atoms with van der Waals surface area (Å²) in [6.07, 6.45) is -4.53. The number of benzene rings is 2. The Hall–Kier alpha value is -2.28. The van der Waals surface area contributed by atoms with Crippen LogP contribution >= 0.6 is 0 Å². The van der Waals surface area contributed by atoms with Crippen LogP contribution in [0.15, 0.2) is 36.4 Å². The Morgan fingerprint density at radius 3 is 2.58 bits per heavy atom. The van der Waals surface area contributed by atoms with Crippen LogP contribution in [0.5, 0.6) is 5.75 Å². The minimum atomic E-state index is -4.54. The maximum absolute atomic E-state index is 13.9. The molecular formula is C19H21F3N2O2. The molecule has 1 aliphatic rings. The second-order valence-electron chi connectivity index (χ2n) is 7.01. The van der Waals surface area contributed by atoms with Crippen LogP contribution in [-0.2, 0) is 4.79 Å². The Labute approximate surface area is 149 Å². The number of hydrazine groups is 1. The third kappa shape index (κ3) is 3.35. The van der Waals surface area contributed by atoms with E-state index in [0.29, 0.717) is 17.7 Å². The fourth-order valence-corrected chi connectivity index (χ4v) is 3.43. The molecule has 0 aliphatic carbocycles. The van der Waals surface area contributed by atoms with Gasteiger partial charge in [0.1, 0.15) is 5.75 Å². The number of alkyl halides is 3. The molecule has 0 spiro atoms. The van der Waals surface area contributed by atoms with Gasteiger partial charge in [-0.25, -0.2) is 0 Å². The van der Waals surface area contributed by atoms with E-state index in [1.54, 1.807) is 38.1 Å². The number of halogens is 3. The van der Waals surface area contributed by atoms with Gasteiger partial charge >= 0.3 is 6.18 Å². The summed E-state index contributed by atoms with van der Waals surface area (Å²) in [7, 11) is 0. The zero-order chi connectivity index (χ0) is 19.1. The van der Waals surface area contributed by atoms with Crippen LogP contribution < -0.4 is 10.2 Å². The Bertz CT molecular complexity index is 833. The number of rotatable bonds is 4. The van der Waals surface area contributed by atoms with Gasteiger partial charge in [0.2, 0.25) is 5.91 Å². The lowest BCUT2D eigenvalue weighted by Crippen LogP contribution is -2.51. The van der Waals surface area contributed by atoms with Gasteiger partial charge in [0.25, 0.3) is 0 Å². The molecule has 7 heteroatoms. The quantitative estimate of drug-likeness (QED) is 0.874. The largest absolute Gasteiger partial charge is 0.493 e. The number of nitrogens with zero attached hydrogens (tertiary/aromatic N) is 1. The van der Waals surface area contributed by atoms with Gasteiger partial charge in [0.05, 0.1) is 6.61 Å². The number of ether oxygens (including phenoxy) is 1. The van der Waals surface area contributed by atoms with Crippen molar-refractivity contribution in [3.8, 4) is 5.75 Å². The molecule has 1 heterocycles. The molecule has 0 unspecified atom stereocenters. The van der Waals surface area contributed by atoms with Gasteiger partial charge in [-0.1, -0.05) is 24.3 Å². The summed E-state index contributed by atoms with van der Waals surface area (Å²) in [4.78, 5) is 11.7. The molecule has 1 amide bonds. The first-order valence-corrected chi connectivity index (χ1v) is 8.44. The number of amides is 1. The predicted molar refractivity (Wildman–Crippen MR) is 92.6 cm³/mol. The minimum Gasteiger partial charge on any atom is -0.493 e. The third-order valence-corrected chi connectivity index (χ3v) is 4.54. The average molecular weight is 366 g/mol. The lowest BCUT2D eigenvalue weighted by Gasteiger charge is -2.38. The van der Waals surface area contributed by atoms with Crippen LogP contribution in [0.3, 0.4) is 0 Å². The summed E-state index contributed by atoms with van der Waals surface area (Å²) in [6, 6.07) is 7.96. The van der Waals surface area contributed by atoms with Crippen molar-refractivity contribution in [3.05, 3.63) is 42.0 Å². The highest BCUT2D eigenvalue weighted by atomic mass is 19.4. The smallest absolute Gasteiger partial charge is 0.409 e. The van der Waals surface area contributed by atoms with Crippen LogP contribution in [-0.4, -0.2) is 29.2 Å². The summed E-state index contributed by atoms with van der Waals surface area (Å²) in [5.41, 5.74) is 1.51. The van der Waals surface area contributed by atoms with Crippen molar-refractivity contribution in [3.63, 3.8) is 0 Å². The molecule has 0 saturated carbocycles. The van der Waals surface area contributed by atoms with E-state index in [4.69, 9.17) is 4.74 Å². The SMILES string of the molecule is CCOc1cccc2cc([C@H](N3NC(=O)CC3(C)C)C(F)(F)F)ccc12. The second kappa shape index (κ2) is 6.46. The molecule has 2 aromatic rings. The molecule has 1 N–H and O–H groups in total. The number of hydrogen-bond donors (Lipinski definition) is 1. The van der Waals surface area contributed by atoms with E-state index in [-0.39, 0.29) is 12.0 Å². The molecular weight excluding hydrogens is 345 g/mol. The van der Waals surface area contributed by atoms with Crippen LogP contribution in [0.25, 0.3) is 10.8 Å². The van der Waals surface area contributed by atoms with E-state index in [9.17, 15) is 18.0 Å². The van der Waals surface area contributed by atoms with E-state index in [2.05, 4.69) is 5.43 Å². The second-order valence-corrected chi connectivity index (χ2v) is 7.01. The Balaban J connectivity index is 2.09. The first-order valence-electron chi connectivity index (χ1n) is 8.44. The van der Waals surface area contributed by atoms with Gasteiger partial charge < -0.3 is 4.74 Å². The molecule has 1 aliphatic heterocycles. The Morgan fingerprint density at radius 1 is 1.27 bits per heavy atom. The van der Waals surface area contributed by atoms with Crippen molar-refractivity contribution in [2.75, 3.05) is 6.61 Å². The van der Waals surface area contributed by atoms with Crippen LogP contribution in [0.2, 0.25) is 0 Å². The molecule has 0 radical (unpaired) electrons. The number of fused-ring (bicyclic) bond motifs is 1. The van der Waals surface area contributed by atoms with Crippen molar-refractivity contribution >= 4 is 16.7 Å². The molecule has 2 aromatic carbocycles. The van der Waals surface area contributed by atoms with Gasteiger partial charge in [-0.2, -0.15) is 18.2 Å². The first kappa shape index (κ1) is 18.5. The normalized spacial score (nSPS) is 18.8. The molecule has 140 valence electrons. The van der Waals surface area contributed by atoms with Crippen molar-refractivity contribution < 1.29 is 22.7 Å². The summed E-state index contributed by atoms with van der Waals surface area (Å²) in [5.74, 6) is 0.221. The monoisotopic (exact) mass is 366 g/mol. The molecule has 0 aromatic heterocycles. The van der Waals surface area contributed by atoms with Crippen molar-refractivity contribution in [1.82, 2.24) is 10.4 Å². The Kier molecular flexibility index (Phi) is 4.60. The fourth-order valence-electron chi connectivity index (χ4n) is 3.43. The third-order valence-electron chi connectivity index (χ3n) is 4.54. The van der Waals surface area contributed by atoms with Crippen LogP contribution in [0, 0.1) is 0 Å². The number of carbonyl (C=O) groups is 1. The molecule has 1 saturated heterocycles. The van der Waals surface area contributed by atoms with E-state index in [0.717, 1.165) is 10.4 Å². The van der Waals surface area contributed by atoms with E-state index in [1.807, 2.05) is 6.92 Å². The highest BCUT2D eigenvalue weighted by molar-refractivity contribution is 5.89. The lowest BCUT2D eigenvalue weighted by atomic mass is 9.95. The molecule has 0 bridgehead atoms. The maximum Gasteiger partial charge on any atom is 0.409 e. The number of carbonyl (C=O) groups excluding carboxylic acids is 1. The van der Waals surface area contributed by atoms with Gasteiger partial charge in [0.15, 0.2) is 6.04 Å². The standard InChI is InChI=1S/C19H21F3N2O2/c1-4-26-15-7-5-6-12-10-13(8-9-14(12)15)17(19(20,21)22)24-18(2,3)11-16(25)23-24/h5-10,17H,4,11H2,1-3H3,(H,23,25)/t17-/m0/s1. The van der Waals surface area contributed by atoms with Crippen molar-refractivity contribution in [1.29, 1.82) is 0 Å². The zero-order valence-electron chi connectivity index (χ0n) is 14.9. The van der Waals surface area contributed by atoms with Gasteiger partial charge in [-0.15, -0.1) is 0 Å². The average Bonchev–Trinajstić information content (AvgIpc) is 2.79.